The van der Waals surface area contributed by atoms with Crippen molar-refractivity contribution in [3.8, 4) is 0 Å². The summed E-state index contributed by atoms with van der Waals surface area (Å²) >= 11 is 0. The molecule has 4 fully saturated rings. The van der Waals surface area contributed by atoms with Crippen LogP contribution in [0.5, 0.6) is 0 Å². The van der Waals surface area contributed by atoms with E-state index in [1.807, 2.05) is 0 Å². The van der Waals surface area contributed by atoms with Crippen LogP contribution in [0.3, 0.4) is 0 Å². The number of hydrogen-bond donors (Lipinski definition) is 0. The van der Waals surface area contributed by atoms with E-state index in [1.165, 1.54) is 63.7 Å². The molecule has 0 aromatic carbocycles. The fourth-order valence-electron chi connectivity index (χ4n) is 8.01. The Balaban J connectivity index is 0.00000145. The molecule has 2 aliphatic carbocycles. The van der Waals surface area contributed by atoms with Crippen molar-refractivity contribution >= 4 is 27.4 Å². The first-order valence-corrected chi connectivity index (χ1v) is 17.3. The van der Waals surface area contributed by atoms with Gasteiger partial charge < -0.3 is 14.9 Å². The quantitative estimate of drug-likeness (QED) is 0.184. The summed E-state index contributed by atoms with van der Waals surface area (Å²) < 4.78 is 0. The summed E-state index contributed by atoms with van der Waals surface area (Å²) in [6.45, 7) is 18.9. The van der Waals surface area contributed by atoms with Gasteiger partial charge >= 0.3 is 17.1 Å². The number of rotatable bonds is 4. The van der Waals surface area contributed by atoms with Gasteiger partial charge in [0, 0.05) is 25.7 Å². The number of carbonyl (C=O) groups excluding carboxylic acids is 2. The molecular weight excluding hydrogens is 534 g/mol. The van der Waals surface area contributed by atoms with Crippen LogP contribution in [0.15, 0.2) is 0 Å². The van der Waals surface area contributed by atoms with E-state index in [0.717, 1.165) is 37.5 Å². The molecule has 2 saturated heterocycles. The smallest absolute Gasteiger partial charge is 0.358 e. The first kappa shape index (κ1) is 37.7. The third-order valence-corrected chi connectivity index (χ3v) is 17.5. The Morgan fingerprint density at radius 3 is 1.03 bits per heavy atom. The molecule has 2 unspecified atom stereocenters. The summed E-state index contributed by atoms with van der Waals surface area (Å²) in [5, 5.41) is 0.732. The second kappa shape index (κ2) is 14.6. The molecule has 4 aliphatic rings. The monoisotopic (exact) mass is 594 g/mol. The van der Waals surface area contributed by atoms with Crippen molar-refractivity contribution in [2.24, 2.45) is 11.8 Å². The molecule has 2 nitrogen and oxygen atoms in total. The van der Waals surface area contributed by atoms with Crippen LogP contribution in [-0.4, -0.2) is 44.5 Å². The Hall–Kier alpha value is 0.719. The van der Waals surface area contributed by atoms with E-state index < -0.39 is 0 Å². The van der Waals surface area contributed by atoms with Crippen molar-refractivity contribution in [2.75, 3.05) is 12.3 Å². The molecule has 0 aromatic rings. The van der Waals surface area contributed by atoms with Crippen LogP contribution in [0.2, 0.25) is 0 Å². The summed E-state index contributed by atoms with van der Waals surface area (Å²) in [6, 6.07) is 0. The molecule has 2 saturated carbocycles. The van der Waals surface area contributed by atoms with Gasteiger partial charge in [-0.2, -0.15) is 0 Å². The van der Waals surface area contributed by atoms with Gasteiger partial charge in [0.2, 0.25) is 0 Å². The van der Waals surface area contributed by atoms with Gasteiger partial charge in [0.15, 0.2) is 0 Å². The number of hydrogen-bond acceptors (Lipinski definition) is 2. The minimum atomic E-state index is -0.168. The van der Waals surface area contributed by atoms with Crippen LogP contribution >= 0.6 is 15.8 Å². The normalized spacial score (nSPS) is 30.3. The van der Waals surface area contributed by atoms with E-state index in [0.29, 0.717) is 11.6 Å². The molecule has 0 aromatic heterocycles. The van der Waals surface area contributed by atoms with Gasteiger partial charge in [-0.1, -0.05) is 110 Å². The maximum Gasteiger partial charge on any atom is 2.00 e. The summed E-state index contributed by atoms with van der Waals surface area (Å²) in [5.41, 5.74) is 0. The Bertz CT molecular complexity index is 635. The summed E-state index contributed by atoms with van der Waals surface area (Å²) in [5.74, 6) is 2.61. The minimum Gasteiger partial charge on any atom is -0.358 e. The fraction of sp³-hybridized carbons (Fsp3) is 0.875. The molecule has 0 radical (unpaired) electrons. The number of Topliss-reactive ketones (excluding diaryl/α,β-unsaturated/α-hetero) is 2. The molecule has 4 rings (SSSR count). The van der Waals surface area contributed by atoms with Gasteiger partial charge in [0.25, 0.3) is 0 Å². The molecule has 37 heavy (non-hydrogen) atoms. The van der Waals surface area contributed by atoms with E-state index in [-0.39, 0.29) is 68.4 Å². The van der Waals surface area contributed by atoms with Crippen molar-refractivity contribution < 1.29 is 26.7 Å². The molecular formula is C32H60FeO2P2. The summed E-state index contributed by atoms with van der Waals surface area (Å²) in [7, 11) is -0.337. The van der Waals surface area contributed by atoms with Crippen molar-refractivity contribution in [3.05, 3.63) is 14.9 Å². The molecule has 218 valence electrons. The number of carbonyl (C=O) groups is 2. The van der Waals surface area contributed by atoms with Gasteiger partial charge in [-0.25, -0.2) is 0 Å². The van der Waals surface area contributed by atoms with Gasteiger partial charge in [0.1, 0.15) is 11.6 Å². The average Bonchev–Trinajstić information content (AvgIpc) is 3.34. The maximum absolute atomic E-state index is 12.4. The Labute approximate surface area is 245 Å². The van der Waals surface area contributed by atoms with Crippen molar-refractivity contribution in [3.63, 3.8) is 0 Å². The molecule has 5 heteroatoms. The SMILES string of the molecule is C1CCCC1.CC1(C)CC(=O)CC(C)(C)P1CC1CCCC1CP1C(C)(C)CC(=O)CC1(C)C.[CH3-].[CH3-].[Fe+2]. The Morgan fingerprint density at radius 2 is 0.784 bits per heavy atom. The van der Waals surface area contributed by atoms with E-state index in [9.17, 15) is 9.59 Å². The largest absolute Gasteiger partial charge is 2.00 e. The van der Waals surface area contributed by atoms with Crippen molar-refractivity contribution in [1.29, 1.82) is 0 Å². The minimum absolute atomic E-state index is 0. The molecule has 0 bridgehead atoms. The predicted octanol–water partition coefficient (Wildman–Crippen LogP) is 10.1. The third-order valence-electron chi connectivity index (χ3n) is 9.34. The Kier molecular flexibility index (Phi) is 14.8. The molecule has 0 N–H and O–H groups in total. The molecule has 0 spiro atoms. The zero-order chi connectivity index (χ0) is 25.4. The standard InChI is InChI=1S/C25H44O2P2.C5H10.2CH3.Fe/c1-22(2)12-20(26)13-23(3,4)28(22)16-18-10-9-11-19(18)17-29-24(5,6)14-21(27)15-25(29,7)8;1-2-4-5-3-1;;;/h18-19H,9-17H2,1-8H3;1-5H2;2*1H3;/q;;2*-1;+2. The maximum atomic E-state index is 12.4. The Morgan fingerprint density at radius 1 is 0.541 bits per heavy atom. The zero-order valence-electron chi connectivity index (χ0n) is 26.1. The third kappa shape index (κ3) is 9.65. The van der Waals surface area contributed by atoms with E-state index in [2.05, 4.69) is 55.4 Å². The number of ketones is 2. The van der Waals surface area contributed by atoms with Crippen molar-refractivity contribution in [2.45, 2.75) is 153 Å². The molecule has 0 amide bonds. The summed E-state index contributed by atoms with van der Waals surface area (Å²) in [4.78, 5) is 24.7. The van der Waals surface area contributed by atoms with Crippen LogP contribution in [0.4, 0.5) is 0 Å². The van der Waals surface area contributed by atoms with Crippen LogP contribution in [0.25, 0.3) is 0 Å². The van der Waals surface area contributed by atoms with Gasteiger partial charge in [-0.05, 0) is 57.6 Å². The fourth-order valence-corrected chi connectivity index (χ4v) is 16.6. The zero-order valence-corrected chi connectivity index (χ0v) is 29.0. The van der Waals surface area contributed by atoms with Crippen LogP contribution in [0.1, 0.15) is 132 Å². The first-order chi connectivity index (χ1) is 15.6. The van der Waals surface area contributed by atoms with Gasteiger partial charge in [-0.3, -0.25) is 9.59 Å². The molecule has 2 aliphatic heterocycles. The van der Waals surface area contributed by atoms with Crippen molar-refractivity contribution in [1.82, 2.24) is 0 Å². The second-order valence-corrected chi connectivity index (χ2v) is 21.8. The first-order valence-electron chi connectivity index (χ1n) is 14.2. The summed E-state index contributed by atoms with van der Waals surface area (Å²) in [6.07, 6.45) is 17.5. The average molecular weight is 595 g/mol. The van der Waals surface area contributed by atoms with Crippen LogP contribution < -0.4 is 0 Å². The van der Waals surface area contributed by atoms with Crippen LogP contribution in [-0.2, 0) is 26.7 Å². The van der Waals surface area contributed by atoms with Gasteiger partial charge in [0.05, 0.1) is 0 Å². The van der Waals surface area contributed by atoms with Gasteiger partial charge in [-0.15, -0.1) is 0 Å². The topological polar surface area (TPSA) is 34.1 Å². The van der Waals surface area contributed by atoms with E-state index in [4.69, 9.17) is 0 Å². The predicted molar refractivity (Wildman–Crippen MR) is 165 cm³/mol. The van der Waals surface area contributed by atoms with E-state index in [1.54, 1.807) is 0 Å². The van der Waals surface area contributed by atoms with Crippen LogP contribution in [0, 0.1) is 26.7 Å². The molecule has 2 atom stereocenters. The second-order valence-electron chi connectivity index (χ2n) is 14.5. The van der Waals surface area contributed by atoms with E-state index >= 15 is 0 Å². The molecule has 2 heterocycles.